The standard InChI is InChI=1S/C8H11N3O4/c9-4(1-2-5(10)12)7-6(8(13)14)11-3-15-7/h3-4H,1-2,9H2,(H2,10,12)(H,13,14)/t4-/m1/s1. The van der Waals surface area contributed by atoms with Crippen LogP contribution in [0.3, 0.4) is 0 Å². The number of aromatic carboxylic acids is 1. The van der Waals surface area contributed by atoms with Gasteiger partial charge in [0.05, 0.1) is 6.04 Å². The quantitative estimate of drug-likeness (QED) is 0.611. The van der Waals surface area contributed by atoms with Gasteiger partial charge in [-0.1, -0.05) is 0 Å². The maximum atomic E-state index is 10.7. The van der Waals surface area contributed by atoms with Crippen molar-refractivity contribution in [2.24, 2.45) is 11.5 Å². The van der Waals surface area contributed by atoms with E-state index < -0.39 is 17.9 Å². The third-order valence-electron chi connectivity index (χ3n) is 1.84. The summed E-state index contributed by atoms with van der Waals surface area (Å²) in [6.45, 7) is 0. The SMILES string of the molecule is NC(=O)CC[C@@H](N)c1ocnc1C(=O)O. The third-order valence-corrected chi connectivity index (χ3v) is 1.84. The van der Waals surface area contributed by atoms with Gasteiger partial charge in [0, 0.05) is 6.42 Å². The molecule has 1 amide bonds. The van der Waals surface area contributed by atoms with Gasteiger partial charge in [0.15, 0.2) is 17.8 Å². The first kappa shape index (κ1) is 11.2. The van der Waals surface area contributed by atoms with Crippen LogP contribution in [-0.4, -0.2) is 22.0 Å². The highest BCUT2D eigenvalue weighted by Gasteiger charge is 2.21. The Hall–Kier alpha value is -1.89. The van der Waals surface area contributed by atoms with Crippen LogP contribution in [0.15, 0.2) is 10.8 Å². The number of rotatable bonds is 5. The number of hydrogen-bond acceptors (Lipinski definition) is 5. The van der Waals surface area contributed by atoms with Crippen molar-refractivity contribution in [1.29, 1.82) is 0 Å². The van der Waals surface area contributed by atoms with Crippen LogP contribution in [0.5, 0.6) is 0 Å². The number of nitrogens with zero attached hydrogens (tertiary/aromatic N) is 1. The molecule has 7 heteroatoms. The maximum absolute atomic E-state index is 10.7. The first-order valence-corrected chi connectivity index (χ1v) is 4.23. The minimum Gasteiger partial charge on any atom is -0.476 e. The van der Waals surface area contributed by atoms with Crippen LogP contribution in [0.25, 0.3) is 0 Å². The van der Waals surface area contributed by atoms with E-state index in [1.807, 2.05) is 0 Å². The van der Waals surface area contributed by atoms with Gasteiger partial charge < -0.3 is 21.0 Å². The van der Waals surface area contributed by atoms with Gasteiger partial charge in [-0.05, 0) is 6.42 Å². The van der Waals surface area contributed by atoms with E-state index in [0.717, 1.165) is 6.39 Å². The molecule has 1 atom stereocenters. The van der Waals surface area contributed by atoms with Gasteiger partial charge in [-0.25, -0.2) is 9.78 Å². The molecule has 0 bridgehead atoms. The van der Waals surface area contributed by atoms with E-state index >= 15 is 0 Å². The average Bonchev–Trinajstić information content (AvgIpc) is 2.62. The van der Waals surface area contributed by atoms with Crippen molar-refractivity contribution in [2.75, 3.05) is 0 Å². The highest BCUT2D eigenvalue weighted by molar-refractivity contribution is 5.86. The van der Waals surface area contributed by atoms with E-state index in [0.29, 0.717) is 0 Å². The molecule has 0 aliphatic heterocycles. The molecule has 0 unspecified atom stereocenters. The second-order valence-electron chi connectivity index (χ2n) is 2.98. The minimum absolute atomic E-state index is 0.0590. The molecule has 1 aromatic rings. The van der Waals surface area contributed by atoms with E-state index in [4.69, 9.17) is 21.0 Å². The minimum atomic E-state index is -1.21. The number of carboxylic acids is 1. The zero-order valence-corrected chi connectivity index (χ0v) is 7.84. The molecule has 1 rings (SSSR count). The number of hydrogen-bond donors (Lipinski definition) is 3. The van der Waals surface area contributed by atoms with Crippen molar-refractivity contribution < 1.29 is 19.1 Å². The molecule has 0 aliphatic rings. The highest BCUT2D eigenvalue weighted by Crippen LogP contribution is 2.19. The number of carbonyl (C=O) groups is 2. The summed E-state index contributed by atoms with van der Waals surface area (Å²) in [5.41, 5.74) is 10.3. The van der Waals surface area contributed by atoms with Gasteiger partial charge in [0.25, 0.3) is 0 Å². The smallest absolute Gasteiger partial charge is 0.358 e. The predicted octanol–water partition coefficient (Wildman–Crippen LogP) is -0.362. The number of carbonyl (C=O) groups excluding carboxylic acids is 1. The van der Waals surface area contributed by atoms with Crippen molar-refractivity contribution >= 4 is 11.9 Å². The Morgan fingerprint density at radius 1 is 1.60 bits per heavy atom. The molecule has 0 aliphatic carbocycles. The van der Waals surface area contributed by atoms with E-state index in [2.05, 4.69) is 4.98 Å². The van der Waals surface area contributed by atoms with Crippen molar-refractivity contribution in [2.45, 2.75) is 18.9 Å². The van der Waals surface area contributed by atoms with Gasteiger partial charge in [0.1, 0.15) is 0 Å². The Morgan fingerprint density at radius 3 is 2.80 bits per heavy atom. The number of carboxylic acid groups (broad SMARTS) is 1. The summed E-state index contributed by atoms with van der Waals surface area (Å²) in [4.78, 5) is 24.7. The van der Waals surface area contributed by atoms with Gasteiger partial charge in [-0.3, -0.25) is 4.79 Å². The first-order valence-electron chi connectivity index (χ1n) is 4.23. The maximum Gasteiger partial charge on any atom is 0.358 e. The summed E-state index contributed by atoms with van der Waals surface area (Å²) in [7, 11) is 0. The van der Waals surface area contributed by atoms with Crippen LogP contribution in [-0.2, 0) is 4.79 Å². The van der Waals surface area contributed by atoms with Crippen LogP contribution in [0.4, 0.5) is 0 Å². The van der Waals surface area contributed by atoms with E-state index in [1.54, 1.807) is 0 Å². The van der Waals surface area contributed by atoms with Crippen LogP contribution < -0.4 is 11.5 Å². The summed E-state index contributed by atoms with van der Waals surface area (Å²) < 4.78 is 4.85. The Morgan fingerprint density at radius 2 is 2.27 bits per heavy atom. The van der Waals surface area contributed by atoms with Gasteiger partial charge in [-0.15, -0.1) is 0 Å². The van der Waals surface area contributed by atoms with Crippen molar-refractivity contribution in [3.63, 3.8) is 0 Å². The number of aromatic nitrogens is 1. The van der Waals surface area contributed by atoms with Gasteiger partial charge >= 0.3 is 5.97 Å². The molecular formula is C8H11N3O4. The third kappa shape index (κ3) is 2.78. The molecule has 0 aromatic carbocycles. The fourth-order valence-electron chi connectivity index (χ4n) is 1.11. The number of primary amides is 1. The molecule has 1 aromatic heterocycles. The molecular weight excluding hydrogens is 202 g/mol. The molecule has 7 nitrogen and oxygen atoms in total. The fourth-order valence-corrected chi connectivity index (χ4v) is 1.11. The van der Waals surface area contributed by atoms with Crippen molar-refractivity contribution in [3.05, 3.63) is 17.8 Å². The lowest BCUT2D eigenvalue weighted by Gasteiger charge is -2.06. The van der Waals surface area contributed by atoms with E-state index in [1.165, 1.54) is 0 Å². The zero-order valence-electron chi connectivity index (χ0n) is 7.84. The molecule has 0 fully saturated rings. The molecule has 0 saturated carbocycles. The second-order valence-corrected chi connectivity index (χ2v) is 2.98. The molecule has 82 valence electrons. The lowest BCUT2D eigenvalue weighted by Crippen LogP contribution is -2.18. The van der Waals surface area contributed by atoms with Crippen LogP contribution in [0, 0.1) is 0 Å². The van der Waals surface area contributed by atoms with Crippen molar-refractivity contribution in [3.8, 4) is 0 Å². The molecule has 5 N–H and O–H groups in total. The van der Waals surface area contributed by atoms with Crippen LogP contribution >= 0.6 is 0 Å². The molecule has 0 spiro atoms. The molecule has 0 saturated heterocycles. The Labute approximate surface area is 85.1 Å². The molecule has 0 radical (unpaired) electrons. The van der Waals surface area contributed by atoms with Crippen LogP contribution in [0.1, 0.15) is 35.1 Å². The summed E-state index contributed by atoms with van der Waals surface area (Å²) in [5.74, 6) is -1.65. The van der Waals surface area contributed by atoms with Crippen molar-refractivity contribution in [1.82, 2.24) is 4.98 Å². The van der Waals surface area contributed by atoms with Gasteiger partial charge in [0.2, 0.25) is 5.91 Å². The summed E-state index contributed by atoms with van der Waals surface area (Å²) in [6.07, 6.45) is 1.30. The van der Waals surface area contributed by atoms with E-state index in [9.17, 15) is 9.59 Å². The fraction of sp³-hybridized carbons (Fsp3) is 0.375. The normalized spacial score (nSPS) is 12.3. The molecule has 1 heterocycles. The van der Waals surface area contributed by atoms with Crippen LogP contribution in [0.2, 0.25) is 0 Å². The first-order chi connectivity index (χ1) is 7.02. The Balaban J connectivity index is 2.73. The average molecular weight is 213 g/mol. The summed E-state index contributed by atoms with van der Waals surface area (Å²) in [5, 5.41) is 8.71. The zero-order chi connectivity index (χ0) is 11.4. The predicted molar refractivity (Wildman–Crippen MR) is 48.8 cm³/mol. The van der Waals surface area contributed by atoms with E-state index in [-0.39, 0.29) is 24.3 Å². The van der Waals surface area contributed by atoms with Gasteiger partial charge in [-0.2, -0.15) is 0 Å². The second kappa shape index (κ2) is 4.56. The summed E-state index contributed by atoms with van der Waals surface area (Å²) >= 11 is 0. The number of oxazole rings is 1. The Bertz CT molecular complexity index is 374. The lowest BCUT2D eigenvalue weighted by atomic mass is 10.1. The Kier molecular flexibility index (Phi) is 3.40. The lowest BCUT2D eigenvalue weighted by molar-refractivity contribution is -0.118. The highest BCUT2D eigenvalue weighted by atomic mass is 16.4. The molecule has 15 heavy (non-hydrogen) atoms. The number of amides is 1. The summed E-state index contributed by atoms with van der Waals surface area (Å²) in [6, 6.07) is -0.689. The topological polar surface area (TPSA) is 132 Å². The monoisotopic (exact) mass is 213 g/mol. The largest absolute Gasteiger partial charge is 0.476 e. The number of nitrogens with two attached hydrogens (primary N) is 2.